The average Bonchev–Trinajstić information content (AvgIpc) is 2.29. The van der Waals surface area contributed by atoms with Crippen LogP contribution in [0.2, 0.25) is 0 Å². The van der Waals surface area contributed by atoms with Gasteiger partial charge >= 0.3 is 5.51 Å². The standard InChI is InChI=1S/C11H7F3N2OS/c12-11(13,14)18-9-5-3-8(4-6-9)16-10(17)2-1-7-15-16/h1-7H. The van der Waals surface area contributed by atoms with E-state index < -0.39 is 5.51 Å². The number of alkyl halides is 3. The van der Waals surface area contributed by atoms with Crippen molar-refractivity contribution in [3.63, 3.8) is 0 Å². The molecule has 0 atom stereocenters. The van der Waals surface area contributed by atoms with E-state index in [9.17, 15) is 18.0 Å². The highest BCUT2D eigenvalue weighted by molar-refractivity contribution is 8.00. The summed E-state index contributed by atoms with van der Waals surface area (Å²) in [7, 11) is 0. The molecule has 2 rings (SSSR count). The van der Waals surface area contributed by atoms with Gasteiger partial charge in [-0.05, 0) is 42.1 Å². The van der Waals surface area contributed by atoms with E-state index in [0.29, 0.717) is 5.69 Å². The van der Waals surface area contributed by atoms with Crippen molar-refractivity contribution in [2.75, 3.05) is 0 Å². The van der Waals surface area contributed by atoms with E-state index in [1.54, 1.807) is 0 Å². The van der Waals surface area contributed by atoms with Crippen LogP contribution in [-0.4, -0.2) is 15.3 Å². The van der Waals surface area contributed by atoms with Crippen molar-refractivity contribution in [1.29, 1.82) is 0 Å². The van der Waals surface area contributed by atoms with Gasteiger partial charge < -0.3 is 0 Å². The number of aromatic nitrogens is 2. The van der Waals surface area contributed by atoms with Gasteiger partial charge in [0.15, 0.2) is 0 Å². The van der Waals surface area contributed by atoms with Crippen LogP contribution in [0.15, 0.2) is 52.3 Å². The zero-order valence-electron chi connectivity index (χ0n) is 8.89. The highest BCUT2D eigenvalue weighted by Gasteiger charge is 2.29. The lowest BCUT2D eigenvalue weighted by Crippen LogP contribution is -2.18. The molecule has 1 aromatic heterocycles. The Bertz CT molecular complexity index is 592. The summed E-state index contributed by atoms with van der Waals surface area (Å²) in [5.41, 5.74) is -4.23. The molecule has 0 unspecified atom stereocenters. The molecule has 0 amide bonds. The molecular weight excluding hydrogens is 265 g/mol. The quantitative estimate of drug-likeness (QED) is 0.788. The third kappa shape index (κ3) is 3.13. The predicted octanol–water partition coefficient (Wildman–Crippen LogP) is 2.84. The molecule has 0 aliphatic heterocycles. The van der Waals surface area contributed by atoms with Crippen molar-refractivity contribution in [3.8, 4) is 5.69 Å². The third-order valence-electron chi connectivity index (χ3n) is 2.03. The van der Waals surface area contributed by atoms with Crippen molar-refractivity contribution in [1.82, 2.24) is 9.78 Å². The van der Waals surface area contributed by atoms with Gasteiger partial charge in [-0.25, -0.2) is 0 Å². The molecule has 1 aromatic carbocycles. The molecule has 0 saturated heterocycles. The Morgan fingerprint density at radius 3 is 2.33 bits per heavy atom. The SMILES string of the molecule is O=c1cccnn1-c1ccc(SC(F)(F)F)cc1. The Hall–Kier alpha value is -1.76. The number of halogens is 3. The van der Waals surface area contributed by atoms with Gasteiger partial charge in [0.1, 0.15) is 0 Å². The van der Waals surface area contributed by atoms with Crippen molar-refractivity contribution in [2.45, 2.75) is 10.4 Å². The lowest BCUT2D eigenvalue weighted by Gasteiger charge is -2.07. The zero-order chi connectivity index (χ0) is 13.2. The number of nitrogens with zero attached hydrogens (tertiary/aromatic N) is 2. The minimum atomic E-state index is -4.32. The molecule has 2 aromatic rings. The second-order valence-electron chi connectivity index (χ2n) is 3.32. The van der Waals surface area contributed by atoms with Crippen molar-refractivity contribution in [2.24, 2.45) is 0 Å². The fourth-order valence-corrected chi connectivity index (χ4v) is 1.88. The van der Waals surface area contributed by atoms with Gasteiger partial charge in [0.05, 0.1) is 5.69 Å². The van der Waals surface area contributed by atoms with Gasteiger partial charge in [-0.1, -0.05) is 0 Å². The first-order chi connectivity index (χ1) is 8.46. The summed E-state index contributed by atoms with van der Waals surface area (Å²) in [6, 6.07) is 8.26. The summed E-state index contributed by atoms with van der Waals surface area (Å²) < 4.78 is 37.5. The lowest BCUT2D eigenvalue weighted by molar-refractivity contribution is -0.0328. The highest BCUT2D eigenvalue weighted by Crippen LogP contribution is 2.36. The van der Waals surface area contributed by atoms with E-state index in [0.717, 1.165) is 4.68 Å². The number of rotatable bonds is 2. The number of hydrogen-bond donors (Lipinski definition) is 0. The summed E-state index contributed by atoms with van der Waals surface area (Å²) in [5.74, 6) is 0. The molecule has 94 valence electrons. The maximum atomic E-state index is 12.1. The largest absolute Gasteiger partial charge is 0.446 e. The Balaban J connectivity index is 2.29. The molecule has 0 saturated carbocycles. The van der Waals surface area contributed by atoms with E-state index in [4.69, 9.17) is 0 Å². The van der Waals surface area contributed by atoms with Gasteiger partial charge in [0.25, 0.3) is 5.56 Å². The fraction of sp³-hybridized carbons (Fsp3) is 0.0909. The normalized spacial score (nSPS) is 11.5. The van der Waals surface area contributed by atoms with Gasteiger partial charge in [0, 0.05) is 17.2 Å². The summed E-state index contributed by atoms with van der Waals surface area (Å²) in [4.78, 5) is 11.5. The number of benzene rings is 1. The van der Waals surface area contributed by atoms with E-state index in [-0.39, 0.29) is 22.2 Å². The lowest BCUT2D eigenvalue weighted by atomic mass is 10.3. The molecular formula is C11H7F3N2OS. The fourth-order valence-electron chi connectivity index (χ4n) is 1.34. The number of thioether (sulfide) groups is 1. The Morgan fingerprint density at radius 1 is 1.11 bits per heavy atom. The zero-order valence-corrected chi connectivity index (χ0v) is 9.70. The molecule has 7 heteroatoms. The van der Waals surface area contributed by atoms with Crippen molar-refractivity contribution >= 4 is 11.8 Å². The smallest absolute Gasteiger partial charge is 0.267 e. The summed E-state index contributed by atoms with van der Waals surface area (Å²) in [6.07, 6.45) is 1.43. The van der Waals surface area contributed by atoms with Gasteiger partial charge in [-0.15, -0.1) is 0 Å². The van der Waals surface area contributed by atoms with Gasteiger partial charge in [0.2, 0.25) is 0 Å². The van der Waals surface area contributed by atoms with Crippen molar-refractivity contribution in [3.05, 3.63) is 52.9 Å². The predicted molar refractivity (Wildman–Crippen MR) is 61.7 cm³/mol. The van der Waals surface area contributed by atoms with Gasteiger partial charge in [-0.2, -0.15) is 23.0 Å². The Labute approximate surface area is 104 Å². The van der Waals surface area contributed by atoms with Crippen molar-refractivity contribution < 1.29 is 13.2 Å². The van der Waals surface area contributed by atoms with Crippen LogP contribution < -0.4 is 5.56 Å². The van der Waals surface area contributed by atoms with Crippen LogP contribution in [0.3, 0.4) is 0 Å². The summed E-state index contributed by atoms with van der Waals surface area (Å²) in [5, 5.41) is 3.83. The molecule has 18 heavy (non-hydrogen) atoms. The molecule has 0 radical (unpaired) electrons. The second-order valence-corrected chi connectivity index (χ2v) is 4.45. The monoisotopic (exact) mass is 272 g/mol. The molecule has 0 aliphatic rings. The maximum Gasteiger partial charge on any atom is 0.446 e. The highest BCUT2D eigenvalue weighted by atomic mass is 32.2. The van der Waals surface area contributed by atoms with E-state index in [2.05, 4.69) is 5.10 Å². The van der Waals surface area contributed by atoms with E-state index in [1.807, 2.05) is 0 Å². The average molecular weight is 272 g/mol. The second kappa shape index (κ2) is 4.85. The van der Waals surface area contributed by atoms with Crippen LogP contribution in [0.1, 0.15) is 0 Å². The molecule has 0 bridgehead atoms. The van der Waals surface area contributed by atoms with Crippen LogP contribution in [0, 0.1) is 0 Å². The molecule has 1 heterocycles. The Kier molecular flexibility index (Phi) is 3.42. The third-order valence-corrected chi connectivity index (χ3v) is 2.77. The van der Waals surface area contributed by atoms with Crippen LogP contribution in [-0.2, 0) is 0 Å². The minimum absolute atomic E-state index is 0.0650. The van der Waals surface area contributed by atoms with E-state index in [1.165, 1.54) is 42.6 Å². The van der Waals surface area contributed by atoms with Crippen LogP contribution in [0.4, 0.5) is 13.2 Å². The van der Waals surface area contributed by atoms with E-state index >= 15 is 0 Å². The van der Waals surface area contributed by atoms with Crippen LogP contribution in [0.5, 0.6) is 0 Å². The minimum Gasteiger partial charge on any atom is -0.267 e. The first kappa shape index (κ1) is 12.7. The molecule has 3 nitrogen and oxygen atoms in total. The molecule has 0 N–H and O–H groups in total. The van der Waals surface area contributed by atoms with Gasteiger partial charge in [-0.3, -0.25) is 4.79 Å². The molecule has 0 aliphatic carbocycles. The topological polar surface area (TPSA) is 34.9 Å². The first-order valence-corrected chi connectivity index (χ1v) is 5.68. The number of hydrogen-bond acceptors (Lipinski definition) is 3. The maximum absolute atomic E-state index is 12.1. The molecule has 0 fully saturated rings. The van der Waals surface area contributed by atoms with Crippen LogP contribution in [0.25, 0.3) is 5.69 Å². The first-order valence-electron chi connectivity index (χ1n) is 4.86. The summed E-state index contributed by atoms with van der Waals surface area (Å²) in [6.45, 7) is 0. The van der Waals surface area contributed by atoms with Crippen LogP contribution >= 0.6 is 11.8 Å². The molecule has 0 spiro atoms. The summed E-state index contributed by atoms with van der Waals surface area (Å²) >= 11 is -0.199. The Morgan fingerprint density at radius 2 is 1.78 bits per heavy atom.